The van der Waals surface area contributed by atoms with Crippen molar-refractivity contribution in [3.05, 3.63) is 0 Å². The van der Waals surface area contributed by atoms with Crippen LogP contribution in [-0.2, 0) is 4.79 Å². The Morgan fingerprint density at radius 3 is 1.80 bits per heavy atom. The fourth-order valence-electron chi connectivity index (χ4n) is 0. The maximum atomic E-state index is 9.22. The Balaban J connectivity index is 0. The van der Waals surface area contributed by atoms with E-state index in [1.807, 2.05) is 0 Å². The highest BCUT2D eigenvalue weighted by atomic mass is 16.1. The van der Waals surface area contributed by atoms with Crippen LogP contribution in [0.25, 0.3) is 0 Å². The van der Waals surface area contributed by atoms with Crippen LogP contribution in [0.5, 0.6) is 0 Å². The molecule has 0 aromatic rings. The van der Waals surface area contributed by atoms with Crippen LogP contribution < -0.4 is 11.9 Å². The summed E-state index contributed by atoms with van der Waals surface area (Å²) in [6.07, 6.45) is 0. The van der Waals surface area contributed by atoms with Crippen LogP contribution in [0.3, 0.4) is 0 Å². The quantitative estimate of drug-likeness (QED) is 0.413. The highest BCUT2D eigenvalue weighted by molar-refractivity contribution is 5.70. The van der Waals surface area contributed by atoms with E-state index in [4.69, 9.17) is 0 Å². The summed E-state index contributed by atoms with van der Waals surface area (Å²) in [5.41, 5.74) is 4.47. The topological polar surface area (TPSA) is 78.1 Å². The summed E-state index contributed by atoms with van der Waals surface area (Å²) in [5.74, 6) is -0.333. The molecule has 0 aliphatic rings. The second kappa shape index (κ2) is 3.43. The van der Waals surface area contributed by atoms with Gasteiger partial charge in [-0.3, -0.25) is 4.79 Å². The lowest BCUT2D eigenvalue weighted by molar-refractivity contribution is -0.115. The summed E-state index contributed by atoms with van der Waals surface area (Å²) in [4.78, 5) is 9.22. The van der Waals surface area contributed by atoms with Crippen molar-refractivity contribution in [3.8, 4) is 0 Å². The number of rotatable bonds is 0. The molecule has 0 bridgehead atoms. The molecule has 1 amide bonds. The second-order valence-electron chi connectivity index (χ2n) is 0.611. The predicted molar refractivity (Wildman–Crippen MR) is 19.9 cm³/mol. The standard InChI is InChI=1S/C2H5NO.H3N/c1-2(3)4;/h1H3,(H2,3,4);1H3. The van der Waals surface area contributed by atoms with Crippen LogP contribution in [0, 0.1) is 0 Å². The van der Waals surface area contributed by atoms with Gasteiger partial charge in [-0.2, -0.15) is 0 Å². The normalized spacial score (nSPS) is 5.00. The first-order chi connectivity index (χ1) is 1.73. The summed E-state index contributed by atoms with van der Waals surface area (Å²) in [5, 5.41) is 0. The lowest BCUT2D eigenvalue weighted by atomic mass is 10.8. The molecule has 0 unspecified atom stereocenters. The minimum Gasteiger partial charge on any atom is -0.370 e. The van der Waals surface area contributed by atoms with Crippen molar-refractivity contribution < 1.29 is 4.79 Å². The van der Waals surface area contributed by atoms with Crippen molar-refractivity contribution in [3.63, 3.8) is 0 Å². The molecule has 0 aromatic carbocycles. The van der Waals surface area contributed by atoms with Gasteiger partial charge >= 0.3 is 0 Å². The first kappa shape index (κ1) is 8.83. The van der Waals surface area contributed by atoms with Gasteiger partial charge in [0.2, 0.25) is 5.91 Å². The minimum absolute atomic E-state index is 0. The average molecular weight is 76.1 g/mol. The molecule has 0 aliphatic carbocycles. The molecule has 3 nitrogen and oxygen atoms in total. The summed E-state index contributed by atoms with van der Waals surface area (Å²) in [6, 6.07) is 0. The van der Waals surface area contributed by atoms with Crippen molar-refractivity contribution in [1.82, 2.24) is 6.15 Å². The van der Waals surface area contributed by atoms with E-state index in [2.05, 4.69) is 5.73 Å². The van der Waals surface area contributed by atoms with E-state index >= 15 is 0 Å². The molecule has 0 heterocycles. The number of carbonyl (C=O) groups excluding carboxylic acids is 1. The lowest BCUT2D eigenvalue weighted by Crippen LogP contribution is -2.01. The first-order valence-corrected chi connectivity index (χ1v) is 0.993. The Labute approximate surface area is 30.7 Å². The number of amides is 1. The van der Waals surface area contributed by atoms with Crippen molar-refractivity contribution in [2.24, 2.45) is 5.73 Å². The van der Waals surface area contributed by atoms with E-state index < -0.39 is 0 Å². The summed E-state index contributed by atoms with van der Waals surface area (Å²) < 4.78 is 0. The molecule has 3 heteroatoms. The van der Waals surface area contributed by atoms with Gasteiger partial charge in [0, 0.05) is 6.92 Å². The van der Waals surface area contributed by atoms with E-state index in [9.17, 15) is 4.79 Å². The zero-order chi connectivity index (χ0) is 3.58. The Morgan fingerprint density at radius 2 is 1.80 bits per heavy atom. The maximum absolute atomic E-state index is 9.22. The van der Waals surface area contributed by atoms with Crippen LogP contribution in [0.15, 0.2) is 0 Å². The third kappa shape index (κ3) is 21.6. The van der Waals surface area contributed by atoms with Crippen molar-refractivity contribution in [1.29, 1.82) is 0 Å². The van der Waals surface area contributed by atoms with Crippen LogP contribution >= 0.6 is 0 Å². The van der Waals surface area contributed by atoms with Gasteiger partial charge < -0.3 is 11.9 Å². The molecule has 5 N–H and O–H groups in total. The van der Waals surface area contributed by atoms with Gasteiger partial charge in [0.15, 0.2) is 0 Å². The fraction of sp³-hybridized carbons (Fsp3) is 0.500. The number of primary amides is 1. The third-order valence-electron chi connectivity index (χ3n) is 0. The van der Waals surface area contributed by atoms with Crippen LogP contribution in [0.1, 0.15) is 6.92 Å². The Bertz CT molecular complexity index is 30.6. The Morgan fingerprint density at radius 1 is 1.80 bits per heavy atom. The van der Waals surface area contributed by atoms with Gasteiger partial charge in [-0.05, 0) is 0 Å². The fourth-order valence-corrected chi connectivity index (χ4v) is 0. The van der Waals surface area contributed by atoms with E-state index in [1.54, 1.807) is 0 Å². The third-order valence-corrected chi connectivity index (χ3v) is 0. The molecule has 0 rings (SSSR count). The summed E-state index contributed by atoms with van der Waals surface area (Å²) in [7, 11) is 0. The highest BCUT2D eigenvalue weighted by Gasteiger charge is 1.61. The summed E-state index contributed by atoms with van der Waals surface area (Å²) >= 11 is 0. The predicted octanol–water partition coefficient (Wildman–Crippen LogP) is -0.346. The molecule has 32 valence electrons. The minimum atomic E-state index is -0.333. The number of hydrogen-bond acceptors (Lipinski definition) is 2. The molecule has 0 atom stereocenters. The van der Waals surface area contributed by atoms with E-state index in [0.29, 0.717) is 0 Å². The van der Waals surface area contributed by atoms with Gasteiger partial charge in [0.05, 0.1) is 0 Å². The van der Waals surface area contributed by atoms with Crippen LogP contribution in [-0.4, -0.2) is 5.91 Å². The molecule has 0 saturated carbocycles. The molecule has 0 fully saturated rings. The Hall–Kier alpha value is -0.570. The Kier molecular flexibility index (Phi) is 6.05. The molecule has 0 saturated heterocycles. The average Bonchev–Trinajstić information content (AvgIpc) is 0.811. The van der Waals surface area contributed by atoms with Crippen LogP contribution in [0.2, 0.25) is 0 Å². The van der Waals surface area contributed by atoms with Crippen molar-refractivity contribution in [2.45, 2.75) is 6.92 Å². The van der Waals surface area contributed by atoms with Gasteiger partial charge in [-0.1, -0.05) is 0 Å². The SMILES string of the molecule is CC(N)=O.N. The zero-order valence-corrected chi connectivity index (χ0v) is 3.19. The van der Waals surface area contributed by atoms with Gasteiger partial charge in [0.1, 0.15) is 0 Å². The molecule has 0 spiro atoms. The number of hydrogen-bond donors (Lipinski definition) is 2. The van der Waals surface area contributed by atoms with Gasteiger partial charge in [-0.15, -0.1) is 0 Å². The van der Waals surface area contributed by atoms with E-state index in [1.165, 1.54) is 6.92 Å². The van der Waals surface area contributed by atoms with Crippen molar-refractivity contribution in [2.75, 3.05) is 0 Å². The van der Waals surface area contributed by atoms with E-state index in [-0.39, 0.29) is 12.1 Å². The second-order valence-corrected chi connectivity index (χ2v) is 0.611. The maximum Gasteiger partial charge on any atom is 0.214 e. The first-order valence-electron chi connectivity index (χ1n) is 0.993. The molecule has 5 heavy (non-hydrogen) atoms. The molecular weight excluding hydrogens is 68.0 g/mol. The molecular formula is C2H8N2O. The van der Waals surface area contributed by atoms with Gasteiger partial charge in [0.25, 0.3) is 0 Å². The van der Waals surface area contributed by atoms with Crippen LogP contribution in [0.4, 0.5) is 0 Å². The van der Waals surface area contributed by atoms with Crippen molar-refractivity contribution >= 4 is 5.91 Å². The molecule has 0 radical (unpaired) electrons. The van der Waals surface area contributed by atoms with E-state index in [0.717, 1.165) is 0 Å². The molecule has 0 aromatic heterocycles. The van der Waals surface area contributed by atoms with Gasteiger partial charge in [-0.25, -0.2) is 0 Å². The lowest BCUT2D eigenvalue weighted by Gasteiger charge is -1.60. The smallest absolute Gasteiger partial charge is 0.214 e. The number of carbonyl (C=O) groups is 1. The zero-order valence-electron chi connectivity index (χ0n) is 3.19. The largest absolute Gasteiger partial charge is 0.370 e. The highest BCUT2D eigenvalue weighted by Crippen LogP contribution is 1.33. The number of nitrogens with two attached hydrogens (primary N) is 1. The summed E-state index contributed by atoms with van der Waals surface area (Å²) in [6.45, 7) is 1.31. The monoisotopic (exact) mass is 76.1 g/mol. The molecule has 0 aliphatic heterocycles.